The van der Waals surface area contributed by atoms with Crippen LogP contribution in [0.5, 0.6) is 0 Å². The predicted octanol–water partition coefficient (Wildman–Crippen LogP) is 0.546. The van der Waals surface area contributed by atoms with Crippen molar-refractivity contribution < 1.29 is 24.2 Å². The van der Waals surface area contributed by atoms with Gasteiger partial charge in [-0.2, -0.15) is 0 Å². The van der Waals surface area contributed by atoms with E-state index in [-0.39, 0.29) is 12.5 Å². The fraction of sp³-hybridized carbons (Fsp3) is 0.833. The molecule has 0 fully saturated rings. The van der Waals surface area contributed by atoms with Crippen LogP contribution in [0.3, 0.4) is 0 Å². The third-order valence-corrected chi connectivity index (χ3v) is 2.51. The highest BCUT2D eigenvalue weighted by atomic mass is 16.5. The molecule has 0 saturated carbocycles. The molecule has 0 saturated heterocycles. The number of rotatable bonds is 11. The molecule has 0 bridgehead atoms. The number of nitrogens with one attached hydrogen (secondary N) is 1. The van der Waals surface area contributed by atoms with Crippen molar-refractivity contribution in [3.05, 3.63) is 0 Å². The van der Waals surface area contributed by atoms with Crippen molar-refractivity contribution in [1.29, 1.82) is 0 Å². The van der Waals surface area contributed by atoms with Gasteiger partial charge in [0.15, 0.2) is 0 Å². The van der Waals surface area contributed by atoms with Gasteiger partial charge in [0.1, 0.15) is 0 Å². The lowest BCUT2D eigenvalue weighted by Crippen LogP contribution is -2.43. The van der Waals surface area contributed by atoms with E-state index in [1.54, 1.807) is 19.1 Å². The van der Waals surface area contributed by atoms with Crippen molar-refractivity contribution in [1.82, 2.24) is 10.2 Å². The van der Waals surface area contributed by atoms with E-state index in [9.17, 15) is 9.59 Å². The Balaban J connectivity index is 3.85. The minimum absolute atomic E-state index is 0.132. The van der Waals surface area contributed by atoms with Crippen molar-refractivity contribution in [2.24, 2.45) is 0 Å². The molecule has 0 aromatic heterocycles. The van der Waals surface area contributed by atoms with Gasteiger partial charge in [0.05, 0.1) is 13.2 Å². The summed E-state index contributed by atoms with van der Waals surface area (Å²) in [6, 6.07) is -0.176. The standard InChI is InChI=1S/C12H24N2O5/c1-18-9-7-14(8-10-19-2)12(17)13-6-4-3-5-11(15)16/h3-10H2,1-2H3,(H,13,17)(H,15,16). The first-order valence-corrected chi connectivity index (χ1v) is 6.34. The van der Waals surface area contributed by atoms with Crippen molar-refractivity contribution in [2.75, 3.05) is 47.1 Å². The van der Waals surface area contributed by atoms with Crippen molar-refractivity contribution >= 4 is 12.0 Å². The van der Waals surface area contributed by atoms with Crippen LogP contribution in [-0.2, 0) is 14.3 Å². The smallest absolute Gasteiger partial charge is 0.317 e. The number of unbranched alkanes of at least 4 members (excludes halogenated alkanes) is 1. The average molecular weight is 276 g/mol. The van der Waals surface area contributed by atoms with E-state index < -0.39 is 5.97 Å². The van der Waals surface area contributed by atoms with E-state index >= 15 is 0 Å². The number of urea groups is 1. The molecule has 0 aliphatic carbocycles. The van der Waals surface area contributed by atoms with Crippen LogP contribution >= 0.6 is 0 Å². The molecule has 0 rings (SSSR count). The Morgan fingerprint density at radius 3 is 2.16 bits per heavy atom. The number of carboxylic acid groups (broad SMARTS) is 1. The lowest BCUT2D eigenvalue weighted by Gasteiger charge is -2.22. The van der Waals surface area contributed by atoms with Crippen LogP contribution in [0.1, 0.15) is 19.3 Å². The zero-order valence-corrected chi connectivity index (χ0v) is 11.7. The van der Waals surface area contributed by atoms with Gasteiger partial charge in [-0.3, -0.25) is 4.79 Å². The minimum atomic E-state index is -0.812. The van der Waals surface area contributed by atoms with Crippen molar-refractivity contribution in [3.8, 4) is 0 Å². The van der Waals surface area contributed by atoms with E-state index in [0.717, 1.165) is 0 Å². The van der Waals surface area contributed by atoms with Gasteiger partial charge in [-0.05, 0) is 12.8 Å². The van der Waals surface area contributed by atoms with Crippen LogP contribution in [-0.4, -0.2) is 69.1 Å². The number of carbonyl (C=O) groups excluding carboxylic acids is 1. The summed E-state index contributed by atoms with van der Waals surface area (Å²) in [6.45, 7) is 2.41. The third-order valence-electron chi connectivity index (χ3n) is 2.51. The van der Waals surface area contributed by atoms with Crippen LogP contribution in [0, 0.1) is 0 Å². The molecule has 2 amide bonds. The first-order chi connectivity index (χ1) is 9.11. The van der Waals surface area contributed by atoms with E-state index in [1.165, 1.54) is 0 Å². The molecule has 0 heterocycles. The molecule has 0 unspecified atom stereocenters. The number of hydrogen-bond acceptors (Lipinski definition) is 4. The highest BCUT2D eigenvalue weighted by Crippen LogP contribution is 1.95. The molecule has 0 radical (unpaired) electrons. The average Bonchev–Trinajstić information content (AvgIpc) is 2.38. The molecule has 7 nitrogen and oxygen atoms in total. The lowest BCUT2D eigenvalue weighted by molar-refractivity contribution is -0.137. The number of aliphatic carboxylic acids is 1. The molecule has 2 N–H and O–H groups in total. The summed E-state index contributed by atoms with van der Waals surface area (Å²) < 4.78 is 9.89. The van der Waals surface area contributed by atoms with Gasteiger partial charge in [-0.15, -0.1) is 0 Å². The summed E-state index contributed by atoms with van der Waals surface area (Å²) in [5.41, 5.74) is 0. The SMILES string of the molecule is COCCN(CCOC)C(=O)NCCCCC(=O)O. The minimum Gasteiger partial charge on any atom is -0.481 e. The normalized spacial score (nSPS) is 10.2. The number of methoxy groups -OCH3 is 2. The zero-order valence-electron chi connectivity index (χ0n) is 11.7. The summed E-state index contributed by atoms with van der Waals surface area (Å²) >= 11 is 0. The lowest BCUT2D eigenvalue weighted by atomic mass is 10.2. The Labute approximate surface area is 113 Å². The largest absolute Gasteiger partial charge is 0.481 e. The van der Waals surface area contributed by atoms with E-state index in [2.05, 4.69) is 5.32 Å². The van der Waals surface area contributed by atoms with Gasteiger partial charge in [-0.1, -0.05) is 0 Å². The highest BCUT2D eigenvalue weighted by molar-refractivity contribution is 5.74. The van der Waals surface area contributed by atoms with Crippen molar-refractivity contribution in [3.63, 3.8) is 0 Å². The zero-order chi connectivity index (χ0) is 14.5. The summed E-state index contributed by atoms with van der Waals surface area (Å²) in [6.07, 6.45) is 1.35. The fourth-order valence-corrected chi connectivity index (χ4v) is 1.43. The predicted molar refractivity (Wildman–Crippen MR) is 70.2 cm³/mol. The van der Waals surface area contributed by atoms with Crippen LogP contribution in [0.15, 0.2) is 0 Å². The molecule has 0 aromatic rings. The van der Waals surface area contributed by atoms with Crippen LogP contribution in [0.2, 0.25) is 0 Å². The second kappa shape index (κ2) is 11.7. The van der Waals surface area contributed by atoms with Gasteiger partial charge in [0, 0.05) is 40.3 Å². The summed E-state index contributed by atoms with van der Waals surface area (Å²) in [5, 5.41) is 11.2. The molecule has 0 atom stereocenters. The Morgan fingerprint density at radius 2 is 1.68 bits per heavy atom. The Bertz CT molecular complexity index is 253. The molecule has 0 spiro atoms. The van der Waals surface area contributed by atoms with Crippen LogP contribution in [0.4, 0.5) is 4.79 Å². The Morgan fingerprint density at radius 1 is 1.11 bits per heavy atom. The molecule has 112 valence electrons. The van der Waals surface area contributed by atoms with E-state index in [4.69, 9.17) is 14.6 Å². The quantitative estimate of drug-likeness (QED) is 0.538. The molecule has 0 aromatic carbocycles. The first-order valence-electron chi connectivity index (χ1n) is 6.34. The summed E-state index contributed by atoms with van der Waals surface area (Å²) in [7, 11) is 3.16. The molecule has 0 aliphatic heterocycles. The number of ether oxygens (including phenoxy) is 2. The molecular formula is C12H24N2O5. The summed E-state index contributed by atoms with van der Waals surface area (Å²) in [5.74, 6) is -0.812. The maximum Gasteiger partial charge on any atom is 0.317 e. The molecule has 19 heavy (non-hydrogen) atoms. The monoisotopic (exact) mass is 276 g/mol. The Hall–Kier alpha value is -1.34. The topological polar surface area (TPSA) is 88.1 Å². The molecule has 7 heteroatoms. The molecule has 0 aliphatic rings. The van der Waals surface area contributed by atoms with Gasteiger partial charge in [-0.25, -0.2) is 4.79 Å². The number of hydrogen-bond donors (Lipinski definition) is 2. The number of carboxylic acids is 1. The van der Waals surface area contributed by atoms with Gasteiger partial charge in [0.25, 0.3) is 0 Å². The van der Waals surface area contributed by atoms with Gasteiger partial charge >= 0.3 is 12.0 Å². The number of nitrogens with zero attached hydrogens (tertiary/aromatic N) is 1. The van der Waals surface area contributed by atoms with Gasteiger partial charge in [0.2, 0.25) is 0 Å². The highest BCUT2D eigenvalue weighted by Gasteiger charge is 2.11. The maximum absolute atomic E-state index is 11.8. The number of amides is 2. The second-order valence-corrected chi connectivity index (χ2v) is 4.06. The fourth-order valence-electron chi connectivity index (χ4n) is 1.43. The van der Waals surface area contributed by atoms with E-state index in [1.807, 2.05) is 0 Å². The number of carbonyl (C=O) groups is 2. The van der Waals surface area contributed by atoms with Crippen LogP contribution < -0.4 is 5.32 Å². The van der Waals surface area contributed by atoms with Crippen molar-refractivity contribution in [2.45, 2.75) is 19.3 Å². The van der Waals surface area contributed by atoms with E-state index in [0.29, 0.717) is 45.7 Å². The van der Waals surface area contributed by atoms with Gasteiger partial charge < -0.3 is 24.8 Å². The Kier molecular flexibility index (Phi) is 10.9. The second-order valence-electron chi connectivity index (χ2n) is 4.06. The first kappa shape index (κ1) is 17.7. The maximum atomic E-state index is 11.8. The summed E-state index contributed by atoms with van der Waals surface area (Å²) in [4.78, 5) is 23.8. The van der Waals surface area contributed by atoms with Crippen LogP contribution in [0.25, 0.3) is 0 Å². The third kappa shape index (κ3) is 10.3. The molecular weight excluding hydrogens is 252 g/mol.